The number of rotatable bonds is 1. The average molecular weight is 530 g/mol. The molecule has 2 N–H and O–H groups in total. The summed E-state index contributed by atoms with van der Waals surface area (Å²) in [6.45, 7) is 3.28. The summed E-state index contributed by atoms with van der Waals surface area (Å²) in [4.78, 5) is 58.4. The Bertz CT molecular complexity index is 1070. The molecule has 4 aliphatic rings. The normalized spacial score (nSPS) is 31.4. The Kier molecular flexibility index (Phi) is 7.94. The molecule has 10 nitrogen and oxygen atoms in total. The predicted molar refractivity (Wildman–Crippen MR) is 135 cm³/mol. The van der Waals surface area contributed by atoms with Crippen molar-refractivity contribution in [2.24, 2.45) is 11.8 Å². The van der Waals surface area contributed by atoms with Crippen LogP contribution in [0.2, 0.25) is 0 Å². The van der Waals surface area contributed by atoms with Crippen LogP contribution in [0.15, 0.2) is 24.3 Å². The van der Waals surface area contributed by atoms with Gasteiger partial charge in [-0.2, -0.15) is 0 Å². The Balaban J connectivity index is 1.38. The molecule has 0 aliphatic carbocycles. The van der Waals surface area contributed by atoms with Crippen LogP contribution >= 0.6 is 0 Å². The Morgan fingerprint density at radius 1 is 1.00 bits per heavy atom. The average Bonchev–Trinajstić information content (AvgIpc) is 3.33. The van der Waals surface area contributed by atoms with Crippen molar-refractivity contribution in [1.82, 2.24) is 25.3 Å². The number of amides is 4. The van der Waals surface area contributed by atoms with Crippen molar-refractivity contribution in [3.63, 3.8) is 0 Å². The molecule has 11 heteroatoms. The number of morpholine rings is 1. The highest BCUT2D eigenvalue weighted by molar-refractivity contribution is 5.98. The maximum absolute atomic E-state index is 13.4. The van der Waals surface area contributed by atoms with Gasteiger partial charge in [0.05, 0.1) is 13.2 Å². The zero-order chi connectivity index (χ0) is 26.8. The van der Waals surface area contributed by atoms with Crippen molar-refractivity contribution in [1.29, 1.82) is 0 Å². The van der Waals surface area contributed by atoms with Crippen LogP contribution in [0.4, 0.5) is 4.39 Å². The summed E-state index contributed by atoms with van der Waals surface area (Å²) in [5.41, 5.74) is 0.278. The lowest BCUT2D eigenvalue weighted by Crippen LogP contribution is -2.54. The molecule has 4 saturated heterocycles. The molecule has 206 valence electrons. The predicted octanol–water partition coefficient (Wildman–Crippen LogP) is 0.230. The fourth-order valence-corrected chi connectivity index (χ4v) is 6.21. The van der Waals surface area contributed by atoms with E-state index in [2.05, 4.69) is 22.6 Å². The van der Waals surface area contributed by atoms with E-state index in [-0.39, 0.29) is 67.1 Å². The number of carbonyl (C=O) groups excluding carboxylic acids is 4. The minimum absolute atomic E-state index is 0.0405. The van der Waals surface area contributed by atoms with Crippen LogP contribution in [0.1, 0.15) is 36.0 Å². The maximum atomic E-state index is 13.4. The first-order valence-electron chi connectivity index (χ1n) is 13.5. The second-order valence-electron chi connectivity index (χ2n) is 11.0. The van der Waals surface area contributed by atoms with Gasteiger partial charge in [-0.15, -0.1) is 0 Å². The van der Waals surface area contributed by atoms with Gasteiger partial charge in [0.15, 0.2) is 6.10 Å². The summed E-state index contributed by atoms with van der Waals surface area (Å²) in [6, 6.07) is 4.00. The van der Waals surface area contributed by atoms with E-state index in [1.807, 2.05) is 0 Å². The van der Waals surface area contributed by atoms with Gasteiger partial charge in [0.1, 0.15) is 11.9 Å². The van der Waals surface area contributed by atoms with Crippen LogP contribution in [0.3, 0.4) is 0 Å². The van der Waals surface area contributed by atoms with E-state index in [0.29, 0.717) is 19.5 Å². The topological polar surface area (TPSA) is 111 Å². The largest absolute Gasteiger partial charge is 0.365 e. The van der Waals surface area contributed by atoms with Gasteiger partial charge in [-0.25, -0.2) is 4.39 Å². The van der Waals surface area contributed by atoms with Gasteiger partial charge < -0.3 is 30.1 Å². The van der Waals surface area contributed by atoms with E-state index < -0.39 is 24.0 Å². The Morgan fingerprint density at radius 2 is 1.79 bits per heavy atom. The summed E-state index contributed by atoms with van der Waals surface area (Å²) in [5, 5.41) is 5.94. The smallest absolute Gasteiger partial charge is 0.254 e. The summed E-state index contributed by atoms with van der Waals surface area (Å²) in [5.74, 6) is -0.983. The van der Waals surface area contributed by atoms with Gasteiger partial charge in [-0.05, 0) is 69.0 Å². The van der Waals surface area contributed by atoms with Crippen molar-refractivity contribution >= 4 is 23.6 Å². The van der Waals surface area contributed by atoms with E-state index in [1.165, 1.54) is 29.2 Å². The monoisotopic (exact) mass is 529 g/mol. The highest BCUT2D eigenvalue weighted by atomic mass is 19.1. The molecule has 4 bridgehead atoms. The lowest BCUT2D eigenvalue weighted by molar-refractivity contribution is -0.148. The molecule has 4 heterocycles. The van der Waals surface area contributed by atoms with Crippen LogP contribution in [-0.4, -0.2) is 109 Å². The molecule has 0 aromatic heterocycles. The van der Waals surface area contributed by atoms with Crippen LogP contribution in [0.5, 0.6) is 0 Å². The van der Waals surface area contributed by atoms with Crippen LogP contribution in [0.25, 0.3) is 0 Å². The molecule has 0 saturated carbocycles. The molecule has 4 fully saturated rings. The fraction of sp³-hybridized carbons (Fsp3) is 0.630. The van der Waals surface area contributed by atoms with Crippen molar-refractivity contribution < 1.29 is 28.3 Å². The molecular weight excluding hydrogens is 493 g/mol. The van der Waals surface area contributed by atoms with Gasteiger partial charge in [0.2, 0.25) is 11.8 Å². The summed E-state index contributed by atoms with van der Waals surface area (Å²) in [7, 11) is 2.07. The third kappa shape index (κ3) is 5.83. The number of benzene rings is 1. The molecule has 0 unspecified atom stereocenters. The minimum atomic E-state index is -0.803. The fourth-order valence-electron chi connectivity index (χ4n) is 6.21. The number of piperidine rings is 1. The van der Waals surface area contributed by atoms with E-state index in [4.69, 9.17) is 4.74 Å². The van der Waals surface area contributed by atoms with E-state index in [9.17, 15) is 23.6 Å². The Hall–Kier alpha value is -3.05. The molecule has 1 aromatic carbocycles. The highest BCUT2D eigenvalue weighted by Crippen LogP contribution is 2.30. The molecule has 5 rings (SSSR count). The van der Waals surface area contributed by atoms with Gasteiger partial charge in [-0.3, -0.25) is 19.2 Å². The molecule has 0 radical (unpaired) electrons. The second-order valence-corrected chi connectivity index (χ2v) is 11.0. The molecule has 1 aromatic rings. The van der Waals surface area contributed by atoms with Gasteiger partial charge in [0.25, 0.3) is 11.8 Å². The zero-order valence-corrected chi connectivity index (χ0v) is 21.7. The van der Waals surface area contributed by atoms with Crippen molar-refractivity contribution in [2.75, 3.05) is 52.9 Å². The van der Waals surface area contributed by atoms with Crippen molar-refractivity contribution in [2.45, 2.75) is 43.9 Å². The summed E-state index contributed by atoms with van der Waals surface area (Å²) < 4.78 is 19.1. The first-order chi connectivity index (χ1) is 18.3. The number of carbonyl (C=O) groups is 4. The highest BCUT2D eigenvalue weighted by Gasteiger charge is 2.42. The van der Waals surface area contributed by atoms with Gasteiger partial charge >= 0.3 is 0 Å². The first kappa shape index (κ1) is 26.6. The van der Waals surface area contributed by atoms with Gasteiger partial charge in [-0.1, -0.05) is 0 Å². The standard InChI is InChI=1S/C27H36FN5O5/c1-31-9-7-18-12-24(34)32-10-11-38-23(16-32)26(36)30-21-13-22(25(35)29-8-6-19(18)14-31)33(15-21)27(37)17-2-4-20(28)5-3-17/h2-5,18-19,21-23H,6-16H2,1H3,(H,29,35)(H,30,36)/t18-,19-,21+,22+,23+/m0/s1. The number of likely N-dealkylation sites (tertiary alicyclic amines) is 2. The molecular formula is C27H36FN5O5. The number of hydrogen-bond donors (Lipinski definition) is 2. The molecule has 38 heavy (non-hydrogen) atoms. The molecule has 4 amide bonds. The molecule has 0 spiro atoms. The lowest BCUT2D eigenvalue weighted by atomic mass is 9.81. The number of nitrogens with one attached hydrogen (secondary N) is 2. The molecule has 4 aliphatic heterocycles. The first-order valence-corrected chi connectivity index (χ1v) is 13.5. The van der Waals surface area contributed by atoms with Gasteiger partial charge in [0, 0.05) is 44.2 Å². The third-order valence-electron chi connectivity index (χ3n) is 8.36. The number of halogens is 1. The summed E-state index contributed by atoms with van der Waals surface area (Å²) in [6.07, 6.45) is 1.52. The van der Waals surface area contributed by atoms with E-state index >= 15 is 0 Å². The number of ether oxygens (including phenoxy) is 1. The molecule has 5 atom stereocenters. The van der Waals surface area contributed by atoms with Crippen LogP contribution < -0.4 is 10.6 Å². The SMILES string of the molecule is CN1CC[C@H]2CC(=O)N3CCO[C@H](C3)C(=O)N[C@@H]3C[C@H](C(=O)NCC[C@H]2C1)N(C(=O)c1ccc(F)cc1)C3. The van der Waals surface area contributed by atoms with Crippen LogP contribution in [-0.2, 0) is 19.1 Å². The van der Waals surface area contributed by atoms with E-state index in [0.717, 1.165) is 25.9 Å². The maximum Gasteiger partial charge on any atom is 0.254 e. The number of hydrogen-bond acceptors (Lipinski definition) is 6. The second kappa shape index (κ2) is 11.4. The summed E-state index contributed by atoms with van der Waals surface area (Å²) >= 11 is 0. The van der Waals surface area contributed by atoms with Crippen LogP contribution in [0, 0.1) is 17.7 Å². The number of nitrogens with zero attached hydrogens (tertiary/aromatic N) is 3. The van der Waals surface area contributed by atoms with Crippen molar-refractivity contribution in [3.8, 4) is 0 Å². The van der Waals surface area contributed by atoms with E-state index in [1.54, 1.807) is 4.90 Å². The Morgan fingerprint density at radius 3 is 2.58 bits per heavy atom. The Labute approximate surface area is 221 Å². The third-order valence-corrected chi connectivity index (χ3v) is 8.36. The zero-order valence-electron chi connectivity index (χ0n) is 21.7. The minimum Gasteiger partial charge on any atom is -0.365 e. The lowest BCUT2D eigenvalue weighted by Gasteiger charge is -2.39. The number of fused-ring (bicyclic) bond motifs is 5. The quantitative estimate of drug-likeness (QED) is 0.539. The van der Waals surface area contributed by atoms with Crippen molar-refractivity contribution in [3.05, 3.63) is 35.6 Å².